The average Bonchev–Trinajstić information content (AvgIpc) is 3.29. The summed E-state index contributed by atoms with van der Waals surface area (Å²) in [6.07, 6.45) is 4.96. The molecule has 3 aromatic carbocycles. The standard InChI is InChI=1S/C28H25ClN4O2S/c1-3-20-14-16-21(17-15-20)24-18-19-28(32(30-24)22-10-6-5-7-11-22)33(25-13-9-8-12-23(25)29)31-26(36-28)27(34)35-4-2/h5-19H,3-4H2,1-2H3/t28-/m1/s1. The van der Waals surface area contributed by atoms with Crippen LogP contribution in [0.25, 0.3) is 0 Å². The van der Waals surface area contributed by atoms with E-state index in [1.165, 1.54) is 17.3 Å². The summed E-state index contributed by atoms with van der Waals surface area (Å²) in [5.41, 5.74) is 4.56. The molecule has 0 bridgehead atoms. The number of halogens is 1. The first-order chi connectivity index (χ1) is 17.6. The third-order valence-electron chi connectivity index (χ3n) is 5.90. The van der Waals surface area contributed by atoms with Gasteiger partial charge < -0.3 is 4.74 Å². The number of benzene rings is 3. The Labute approximate surface area is 219 Å². The normalized spacial score (nSPS) is 18.9. The molecule has 5 rings (SSSR count). The Bertz CT molecular complexity index is 1360. The SMILES string of the molecule is CCOC(=O)C1=NN(c2ccccc2Cl)[C@]2(C=CC(c3ccc(CC)cc3)=NN2c2ccccc2)S1. The van der Waals surface area contributed by atoms with Crippen molar-refractivity contribution in [3.8, 4) is 0 Å². The Balaban J connectivity index is 1.66. The van der Waals surface area contributed by atoms with Gasteiger partial charge in [0.25, 0.3) is 0 Å². The molecule has 2 aliphatic rings. The van der Waals surface area contributed by atoms with Gasteiger partial charge in [-0.3, -0.25) is 0 Å². The third kappa shape index (κ3) is 4.40. The van der Waals surface area contributed by atoms with Crippen LogP contribution in [0.5, 0.6) is 0 Å². The van der Waals surface area contributed by atoms with E-state index >= 15 is 0 Å². The van der Waals surface area contributed by atoms with Gasteiger partial charge in [0, 0.05) is 5.56 Å². The smallest absolute Gasteiger partial charge is 0.365 e. The maximum Gasteiger partial charge on any atom is 0.365 e. The molecule has 3 aromatic rings. The van der Waals surface area contributed by atoms with Crippen LogP contribution >= 0.6 is 23.4 Å². The molecule has 0 amide bonds. The molecule has 36 heavy (non-hydrogen) atoms. The summed E-state index contributed by atoms with van der Waals surface area (Å²) in [4.78, 5) is 11.8. The van der Waals surface area contributed by atoms with Crippen LogP contribution in [0.3, 0.4) is 0 Å². The summed E-state index contributed by atoms with van der Waals surface area (Å²) >= 11 is 7.90. The topological polar surface area (TPSA) is 57.5 Å². The quantitative estimate of drug-likeness (QED) is 0.351. The number of rotatable bonds is 6. The summed E-state index contributed by atoms with van der Waals surface area (Å²) in [5.74, 6) is -0.484. The minimum absolute atomic E-state index is 0.230. The van der Waals surface area contributed by atoms with Crippen molar-refractivity contribution in [2.45, 2.75) is 25.3 Å². The first-order valence-electron chi connectivity index (χ1n) is 11.8. The highest BCUT2D eigenvalue weighted by Gasteiger charge is 2.52. The molecule has 0 radical (unpaired) electrons. The van der Waals surface area contributed by atoms with Crippen LogP contribution in [-0.4, -0.2) is 28.3 Å². The van der Waals surface area contributed by atoms with Crippen molar-refractivity contribution in [2.24, 2.45) is 10.2 Å². The molecule has 0 saturated heterocycles. The van der Waals surface area contributed by atoms with Crippen molar-refractivity contribution >= 4 is 51.5 Å². The van der Waals surface area contributed by atoms with E-state index < -0.39 is 11.0 Å². The molecule has 0 fully saturated rings. The second-order valence-corrected chi connectivity index (χ2v) is 9.76. The maximum absolute atomic E-state index is 12.8. The molecule has 0 N–H and O–H groups in total. The summed E-state index contributed by atoms with van der Waals surface area (Å²) < 4.78 is 5.30. The van der Waals surface area contributed by atoms with Crippen LogP contribution in [0.4, 0.5) is 11.4 Å². The van der Waals surface area contributed by atoms with Crippen LogP contribution < -0.4 is 10.0 Å². The van der Waals surface area contributed by atoms with Gasteiger partial charge in [-0.25, -0.2) is 14.8 Å². The molecule has 6 nitrogen and oxygen atoms in total. The number of ether oxygens (including phenoxy) is 1. The minimum Gasteiger partial charge on any atom is -0.461 e. The number of hydrogen-bond donors (Lipinski definition) is 0. The van der Waals surface area contributed by atoms with Crippen LogP contribution in [0.1, 0.15) is 25.0 Å². The molecule has 8 heteroatoms. The highest BCUT2D eigenvalue weighted by Crippen LogP contribution is 2.49. The molecule has 0 saturated carbocycles. The molecule has 2 heterocycles. The Morgan fingerprint density at radius 1 is 0.944 bits per heavy atom. The molecule has 0 aliphatic carbocycles. The zero-order valence-electron chi connectivity index (χ0n) is 20.0. The zero-order valence-corrected chi connectivity index (χ0v) is 21.5. The second kappa shape index (κ2) is 10.2. The predicted molar refractivity (Wildman–Crippen MR) is 149 cm³/mol. The summed E-state index contributed by atoms with van der Waals surface area (Å²) in [5, 5.41) is 14.2. The Kier molecular flexibility index (Phi) is 6.85. The zero-order chi connectivity index (χ0) is 25.1. The first kappa shape index (κ1) is 24.2. The number of thioether (sulfide) groups is 1. The van der Waals surface area contributed by atoms with Gasteiger partial charge in [-0.1, -0.05) is 73.1 Å². The molecule has 1 atom stereocenters. The first-order valence-corrected chi connectivity index (χ1v) is 13.0. The van der Waals surface area contributed by atoms with Gasteiger partial charge in [0.15, 0.2) is 0 Å². The van der Waals surface area contributed by atoms with E-state index in [2.05, 4.69) is 31.2 Å². The number of allylic oxidation sites excluding steroid dienone is 1. The van der Waals surface area contributed by atoms with Gasteiger partial charge in [-0.15, -0.1) is 0 Å². The van der Waals surface area contributed by atoms with Gasteiger partial charge in [0.1, 0.15) is 0 Å². The number of hydrazone groups is 2. The van der Waals surface area contributed by atoms with Crippen LogP contribution in [0, 0.1) is 0 Å². The molecule has 0 unspecified atom stereocenters. The number of aryl methyl sites for hydroxylation is 1. The van der Waals surface area contributed by atoms with Gasteiger partial charge in [0.05, 0.1) is 28.7 Å². The van der Waals surface area contributed by atoms with Crippen molar-refractivity contribution in [1.82, 2.24) is 0 Å². The third-order valence-corrected chi connectivity index (χ3v) is 7.44. The fraction of sp³-hybridized carbons (Fsp3) is 0.179. The van der Waals surface area contributed by atoms with Gasteiger partial charge in [-0.2, -0.15) is 10.2 Å². The molecular formula is C28H25ClN4O2S. The van der Waals surface area contributed by atoms with Crippen molar-refractivity contribution in [3.63, 3.8) is 0 Å². The van der Waals surface area contributed by atoms with Crippen LogP contribution in [-0.2, 0) is 16.0 Å². The minimum atomic E-state index is -1.01. The maximum atomic E-state index is 12.8. The number of nitrogens with zero attached hydrogens (tertiary/aromatic N) is 4. The molecular weight excluding hydrogens is 492 g/mol. The number of carbonyl (C=O) groups is 1. The van der Waals surface area contributed by atoms with Crippen molar-refractivity contribution in [1.29, 1.82) is 0 Å². The highest BCUT2D eigenvalue weighted by molar-refractivity contribution is 8.17. The molecule has 2 aliphatic heterocycles. The second-order valence-electron chi connectivity index (χ2n) is 8.17. The Morgan fingerprint density at radius 2 is 1.67 bits per heavy atom. The Morgan fingerprint density at radius 3 is 2.36 bits per heavy atom. The lowest BCUT2D eigenvalue weighted by molar-refractivity contribution is -0.134. The lowest BCUT2D eigenvalue weighted by Gasteiger charge is -2.43. The molecule has 1 spiro atoms. The van der Waals surface area contributed by atoms with Gasteiger partial charge in [-0.05, 0) is 67.1 Å². The largest absolute Gasteiger partial charge is 0.461 e. The van der Waals surface area contributed by atoms with Crippen molar-refractivity contribution < 1.29 is 9.53 Å². The Hall–Kier alpha value is -3.55. The van der Waals surface area contributed by atoms with Crippen molar-refractivity contribution in [2.75, 3.05) is 16.6 Å². The van der Waals surface area contributed by atoms with E-state index in [0.29, 0.717) is 10.7 Å². The van der Waals surface area contributed by atoms with Crippen molar-refractivity contribution in [3.05, 3.63) is 107 Å². The predicted octanol–water partition coefficient (Wildman–Crippen LogP) is 6.47. The number of hydrogen-bond acceptors (Lipinski definition) is 7. The lowest BCUT2D eigenvalue weighted by atomic mass is 10.0. The van der Waals surface area contributed by atoms with E-state index in [-0.39, 0.29) is 11.7 Å². The van der Waals surface area contributed by atoms with E-state index in [9.17, 15) is 4.79 Å². The van der Waals surface area contributed by atoms with Gasteiger partial charge in [0.2, 0.25) is 10.0 Å². The lowest BCUT2D eigenvalue weighted by Crippen LogP contribution is -2.53. The van der Waals surface area contributed by atoms with E-state index in [4.69, 9.17) is 26.5 Å². The fourth-order valence-corrected chi connectivity index (χ4v) is 5.44. The van der Waals surface area contributed by atoms with E-state index in [1.807, 2.05) is 65.7 Å². The summed E-state index contributed by atoms with van der Waals surface area (Å²) in [6.45, 7) is 4.17. The molecule has 182 valence electrons. The number of para-hydroxylation sites is 2. The van der Waals surface area contributed by atoms with Crippen LogP contribution in [0.15, 0.2) is 101 Å². The average molecular weight is 517 g/mol. The fourth-order valence-electron chi connectivity index (χ4n) is 4.08. The van der Waals surface area contributed by atoms with E-state index in [0.717, 1.165) is 23.4 Å². The number of esters is 1. The monoisotopic (exact) mass is 516 g/mol. The highest BCUT2D eigenvalue weighted by atomic mass is 35.5. The van der Waals surface area contributed by atoms with E-state index in [1.54, 1.807) is 18.0 Å². The van der Waals surface area contributed by atoms with Crippen LogP contribution in [0.2, 0.25) is 5.02 Å². The van der Waals surface area contributed by atoms with Gasteiger partial charge >= 0.3 is 5.97 Å². The molecule has 0 aromatic heterocycles. The number of carbonyl (C=O) groups excluding carboxylic acids is 1. The summed E-state index contributed by atoms with van der Waals surface area (Å²) in [7, 11) is 0. The number of anilines is 2. The summed E-state index contributed by atoms with van der Waals surface area (Å²) in [6, 6.07) is 25.7.